The third-order valence-corrected chi connectivity index (χ3v) is 2.91. The lowest BCUT2D eigenvalue weighted by Gasteiger charge is -2.13. The summed E-state index contributed by atoms with van der Waals surface area (Å²) >= 11 is 0. The quantitative estimate of drug-likeness (QED) is 0.742. The maximum absolute atomic E-state index is 12.8. The van der Waals surface area contributed by atoms with Gasteiger partial charge in [-0.2, -0.15) is 13.2 Å². The number of benzene rings is 2. The number of anilines is 2. The minimum Gasteiger partial charge on any atom is -0.398 e. The lowest BCUT2D eigenvalue weighted by atomic mass is 10.1. The van der Waals surface area contributed by atoms with Crippen LogP contribution in [0.4, 0.5) is 29.3 Å². The molecular weight excluding hydrogens is 311 g/mol. The molecule has 4 N–H and O–H groups in total. The van der Waals surface area contributed by atoms with Crippen molar-refractivity contribution in [3.63, 3.8) is 0 Å². The molecule has 2 rings (SSSR count). The number of alkyl halides is 3. The second-order valence-electron chi connectivity index (χ2n) is 4.54. The molecule has 0 fully saturated rings. The number of halogens is 3. The third kappa shape index (κ3) is 4.00. The summed E-state index contributed by atoms with van der Waals surface area (Å²) in [6.45, 7) is 0. The van der Waals surface area contributed by atoms with Crippen molar-refractivity contribution < 1.29 is 22.8 Å². The molecule has 0 aromatic heterocycles. The Morgan fingerprint density at radius 1 is 0.957 bits per heavy atom. The first kappa shape index (κ1) is 16.3. The van der Waals surface area contributed by atoms with E-state index < -0.39 is 29.4 Å². The zero-order chi connectivity index (χ0) is 17.0. The standard InChI is InChI=1S/C15H12F3N3O2/c16-15(17,18)10-6-2-4-8-12(10)20-14(23)21-13(22)9-5-1-3-7-11(9)19/h1-8H,19H2,(H2,20,21,22,23). The zero-order valence-corrected chi connectivity index (χ0v) is 11.6. The van der Waals surface area contributed by atoms with E-state index in [1.165, 1.54) is 24.3 Å². The van der Waals surface area contributed by atoms with Gasteiger partial charge in [0.15, 0.2) is 0 Å². The van der Waals surface area contributed by atoms with E-state index in [1.807, 2.05) is 10.6 Å². The predicted molar refractivity (Wildman–Crippen MR) is 78.8 cm³/mol. The molecule has 0 unspecified atom stereocenters. The average Bonchev–Trinajstić information content (AvgIpc) is 2.46. The fourth-order valence-corrected chi connectivity index (χ4v) is 1.87. The lowest BCUT2D eigenvalue weighted by Crippen LogP contribution is -2.35. The highest BCUT2D eigenvalue weighted by Gasteiger charge is 2.33. The number of urea groups is 1. The van der Waals surface area contributed by atoms with Crippen LogP contribution in [0.25, 0.3) is 0 Å². The Hall–Kier alpha value is -3.03. The Morgan fingerprint density at radius 2 is 1.57 bits per heavy atom. The highest BCUT2D eigenvalue weighted by Crippen LogP contribution is 2.34. The van der Waals surface area contributed by atoms with Gasteiger partial charge < -0.3 is 11.1 Å². The van der Waals surface area contributed by atoms with Crippen molar-refractivity contribution in [2.75, 3.05) is 11.1 Å². The minimum atomic E-state index is -4.63. The summed E-state index contributed by atoms with van der Waals surface area (Å²) in [4.78, 5) is 23.6. The Morgan fingerprint density at radius 3 is 2.22 bits per heavy atom. The zero-order valence-electron chi connectivity index (χ0n) is 11.6. The Labute approximate surface area is 129 Å². The molecule has 0 saturated carbocycles. The molecule has 0 atom stereocenters. The maximum Gasteiger partial charge on any atom is 0.418 e. The van der Waals surface area contributed by atoms with Gasteiger partial charge in [0.25, 0.3) is 5.91 Å². The number of nitrogens with one attached hydrogen (secondary N) is 2. The molecule has 3 amide bonds. The fraction of sp³-hybridized carbons (Fsp3) is 0.0667. The van der Waals surface area contributed by atoms with Gasteiger partial charge in [0.2, 0.25) is 0 Å². The molecule has 0 radical (unpaired) electrons. The Bertz CT molecular complexity index is 745. The third-order valence-electron chi connectivity index (χ3n) is 2.91. The van der Waals surface area contributed by atoms with Crippen LogP contribution in [0.2, 0.25) is 0 Å². The van der Waals surface area contributed by atoms with E-state index in [4.69, 9.17) is 5.73 Å². The molecule has 0 aliphatic carbocycles. The van der Waals surface area contributed by atoms with Crippen molar-refractivity contribution in [2.45, 2.75) is 6.18 Å². The summed E-state index contributed by atoms with van der Waals surface area (Å²) in [6, 6.07) is 9.36. The number of imide groups is 1. The number of carbonyl (C=O) groups excluding carboxylic acids is 2. The van der Waals surface area contributed by atoms with Crippen molar-refractivity contribution in [3.8, 4) is 0 Å². The van der Waals surface area contributed by atoms with E-state index in [1.54, 1.807) is 12.1 Å². The number of hydrogen-bond acceptors (Lipinski definition) is 3. The van der Waals surface area contributed by atoms with Crippen LogP contribution in [0.15, 0.2) is 48.5 Å². The minimum absolute atomic E-state index is 0.0479. The number of rotatable bonds is 2. The van der Waals surface area contributed by atoms with Gasteiger partial charge in [-0.3, -0.25) is 10.1 Å². The fourth-order valence-electron chi connectivity index (χ4n) is 1.87. The number of amides is 3. The van der Waals surface area contributed by atoms with Crippen molar-refractivity contribution in [1.29, 1.82) is 0 Å². The van der Waals surface area contributed by atoms with Crippen LogP contribution in [-0.2, 0) is 6.18 Å². The summed E-state index contributed by atoms with van der Waals surface area (Å²) in [7, 11) is 0. The normalized spacial score (nSPS) is 10.9. The smallest absolute Gasteiger partial charge is 0.398 e. The molecule has 2 aromatic rings. The lowest BCUT2D eigenvalue weighted by molar-refractivity contribution is -0.136. The van der Waals surface area contributed by atoms with Gasteiger partial charge in [0.1, 0.15) is 0 Å². The second kappa shape index (κ2) is 6.39. The number of hydrogen-bond donors (Lipinski definition) is 3. The van der Waals surface area contributed by atoms with Gasteiger partial charge in [-0.25, -0.2) is 4.79 Å². The van der Waals surface area contributed by atoms with E-state index in [-0.39, 0.29) is 11.3 Å². The summed E-state index contributed by atoms with van der Waals surface area (Å²) < 4.78 is 38.5. The van der Waals surface area contributed by atoms with Crippen molar-refractivity contribution in [1.82, 2.24) is 5.32 Å². The molecule has 23 heavy (non-hydrogen) atoms. The van der Waals surface area contributed by atoms with Crippen LogP contribution in [0.5, 0.6) is 0 Å². The van der Waals surface area contributed by atoms with Crippen LogP contribution >= 0.6 is 0 Å². The number of nitrogens with two attached hydrogens (primary N) is 1. The van der Waals surface area contributed by atoms with Crippen molar-refractivity contribution in [2.24, 2.45) is 0 Å². The molecule has 5 nitrogen and oxygen atoms in total. The van der Waals surface area contributed by atoms with Crippen LogP contribution in [0.1, 0.15) is 15.9 Å². The first-order valence-electron chi connectivity index (χ1n) is 6.42. The van der Waals surface area contributed by atoms with Crippen molar-refractivity contribution >= 4 is 23.3 Å². The predicted octanol–water partition coefficient (Wildman–Crippen LogP) is 3.25. The number of carbonyl (C=O) groups is 2. The van der Waals surface area contributed by atoms with Gasteiger partial charge >= 0.3 is 12.2 Å². The largest absolute Gasteiger partial charge is 0.418 e. The Balaban J connectivity index is 2.12. The molecule has 0 aliphatic heterocycles. The van der Waals surface area contributed by atoms with E-state index in [0.29, 0.717) is 0 Å². The monoisotopic (exact) mass is 323 g/mol. The molecule has 0 saturated heterocycles. The summed E-state index contributed by atoms with van der Waals surface area (Å²) in [5.41, 5.74) is 4.32. The summed E-state index contributed by atoms with van der Waals surface area (Å²) in [5.74, 6) is -0.815. The van der Waals surface area contributed by atoms with Gasteiger partial charge in [0.05, 0.1) is 16.8 Å². The molecule has 2 aromatic carbocycles. The molecule has 120 valence electrons. The van der Waals surface area contributed by atoms with E-state index in [2.05, 4.69) is 0 Å². The highest BCUT2D eigenvalue weighted by molar-refractivity contribution is 6.10. The van der Waals surface area contributed by atoms with Gasteiger partial charge in [-0.05, 0) is 24.3 Å². The topological polar surface area (TPSA) is 84.2 Å². The number of para-hydroxylation sites is 2. The maximum atomic E-state index is 12.8. The molecule has 0 bridgehead atoms. The number of nitrogen functional groups attached to an aromatic ring is 1. The van der Waals surface area contributed by atoms with Crippen LogP contribution in [0, 0.1) is 0 Å². The average molecular weight is 323 g/mol. The Kier molecular flexibility index (Phi) is 4.54. The summed E-state index contributed by atoms with van der Waals surface area (Å²) in [6.07, 6.45) is -4.63. The van der Waals surface area contributed by atoms with Gasteiger partial charge in [-0.15, -0.1) is 0 Å². The molecule has 0 aliphatic rings. The molecule has 8 heteroatoms. The molecule has 0 heterocycles. The van der Waals surface area contributed by atoms with Crippen LogP contribution in [0.3, 0.4) is 0 Å². The SMILES string of the molecule is Nc1ccccc1C(=O)NC(=O)Nc1ccccc1C(F)(F)F. The van der Waals surface area contributed by atoms with E-state index in [9.17, 15) is 22.8 Å². The highest BCUT2D eigenvalue weighted by atomic mass is 19.4. The van der Waals surface area contributed by atoms with Crippen LogP contribution in [-0.4, -0.2) is 11.9 Å². The van der Waals surface area contributed by atoms with Gasteiger partial charge in [-0.1, -0.05) is 24.3 Å². The van der Waals surface area contributed by atoms with E-state index in [0.717, 1.165) is 12.1 Å². The van der Waals surface area contributed by atoms with E-state index >= 15 is 0 Å². The summed E-state index contributed by atoms with van der Waals surface area (Å²) in [5, 5.41) is 3.93. The van der Waals surface area contributed by atoms with Gasteiger partial charge in [0, 0.05) is 5.69 Å². The molecular formula is C15H12F3N3O2. The van der Waals surface area contributed by atoms with Crippen molar-refractivity contribution in [3.05, 3.63) is 59.7 Å². The first-order chi connectivity index (χ1) is 10.8. The van der Waals surface area contributed by atoms with Crippen LogP contribution < -0.4 is 16.4 Å². The second-order valence-corrected chi connectivity index (χ2v) is 4.54. The molecule has 0 spiro atoms. The first-order valence-corrected chi connectivity index (χ1v) is 6.42.